The molecule has 2 N–H and O–H groups in total. The molecule has 0 unspecified atom stereocenters. The van der Waals surface area contributed by atoms with Crippen molar-refractivity contribution in [3.63, 3.8) is 0 Å². The summed E-state index contributed by atoms with van der Waals surface area (Å²) in [6.45, 7) is 3.49. The highest BCUT2D eigenvalue weighted by Gasteiger charge is 2.28. The van der Waals surface area contributed by atoms with Crippen molar-refractivity contribution in [2.45, 2.75) is 4.90 Å². The largest absolute Gasteiger partial charge is 0.329 e. The van der Waals surface area contributed by atoms with E-state index in [0.717, 1.165) is 12.6 Å². The first-order chi connectivity index (χ1) is 9.04. The second-order valence-electron chi connectivity index (χ2n) is 4.49. The monoisotopic (exact) mass is 287 g/mol. The van der Waals surface area contributed by atoms with Gasteiger partial charge in [0.25, 0.3) is 0 Å². The molecule has 1 aliphatic heterocycles. The third-order valence-electron chi connectivity index (χ3n) is 3.21. The minimum atomic E-state index is -3.59. The lowest BCUT2D eigenvalue weighted by Crippen LogP contribution is -2.49. The number of hydrogen-bond donors (Lipinski definition) is 1. The number of piperazine rings is 1. The summed E-state index contributed by atoms with van der Waals surface area (Å²) in [5.74, 6) is -0.539. The molecule has 0 atom stereocenters. The molecule has 0 spiro atoms. The summed E-state index contributed by atoms with van der Waals surface area (Å²) in [5.41, 5.74) is 5.47. The SMILES string of the molecule is NCCN1CCN(S(=O)(=O)c2cccc(F)c2)CC1. The van der Waals surface area contributed by atoms with Crippen LogP contribution >= 0.6 is 0 Å². The molecule has 5 nitrogen and oxygen atoms in total. The van der Waals surface area contributed by atoms with E-state index in [9.17, 15) is 12.8 Å². The topological polar surface area (TPSA) is 66.6 Å². The van der Waals surface area contributed by atoms with Gasteiger partial charge >= 0.3 is 0 Å². The van der Waals surface area contributed by atoms with Gasteiger partial charge in [0.05, 0.1) is 4.90 Å². The van der Waals surface area contributed by atoms with E-state index in [1.165, 1.54) is 22.5 Å². The average molecular weight is 287 g/mol. The number of rotatable bonds is 4. The van der Waals surface area contributed by atoms with Crippen LogP contribution in [-0.2, 0) is 10.0 Å². The standard InChI is InChI=1S/C12H18FN3O2S/c13-11-2-1-3-12(10-11)19(17,18)16-8-6-15(5-4-14)7-9-16/h1-3,10H,4-9,14H2. The lowest BCUT2D eigenvalue weighted by Gasteiger charge is -2.33. The van der Waals surface area contributed by atoms with E-state index in [1.54, 1.807) is 0 Å². The summed E-state index contributed by atoms with van der Waals surface area (Å²) in [5, 5.41) is 0. The normalized spacial score (nSPS) is 18.6. The molecule has 0 aliphatic carbocycles. The average Bonchev–Trinajstić information content (AvgIpc) is 2.40. The summed E-state index contributed by atoms with van der Waals surface area (Å²) in [4.78, 5) is 2.14. The molecule has 7 heteroatoms. The van der Waals surface area contributed by atoms with Gasteiger partial charge in [0.2, 0.25) is 10.0 Å². The molecule has 0 bridgehead atoms. The molecule has 2 rings (SSSR count). The molecular weight excluding hydrogens is 269 g/mol. The van der Waals surface area contributed by atoms with Crippen molar-refractivity contribution in [1.29, 1.82) is 0 Å². The van der Waals surface area contributed by atoms with Crippen molar-refractivity contribution < 1.29 is 12.8 Å². The maximum Gasteiger partial charge on any atom is 0.243 e. The number of benzene rings is 1. The predicted octanol–water partition coefficient (Wildman–Crippen LogP) is 0.0907. The zero-order chi connectivity index (χ0) is 13.9. The van der Waals surface area contributed by atoms with Crippen LogP contribution in [0, 0.1) is 5.82 Å². The van der Waals surface area contributed by atoms with Crippen LogP contribution in [0.4, 0.5) is 4.39 Å². The van der Waals surface area contributed by atoms with E-state index in [0.29, 0.717) is 32.7 Å². The van der Waals surface area contributed by atoms with E-state index in [1.807, 2.05) is 0 Å². The molecule has 0 aromatic heterocycles. The van der Waals surface area contributed by atoms with E-state index < -0.39 is 15.8 Å². The Labute approximate surface area is 112 Å². The second kappa shape index (κ2) is 5.96. The van der Waals surface area contributed by atoms with Crippen LogP contribution in [0.25, 0.3) is 0 Å². The van der Waals surface area contributed by atoms with Gasteiger partial charge in [-0.25, -0.2) is 12.8 Å². The molecule has 106 valence electrons. The van der Waals surface area contributed by atoms with Crippen LogP contribution in [0.3, 0.4) is 0 Å². The number of hydrogen-bond acceptors (Lipinski definition) is 4. The van der Waals surface area contributed by atoms with Gasteiger partial charge in [0.1, 0.15) is 5.82 Å². The lowest BCUT2D eigenvalue weighted by atomic mass is 10.3. The molecule has 1 aliphatic rings. The molecule has 0 radical (unpaired) electrons. The van der Waals surface area contributed by atoms with Crippen molar-refractivity contribution >= 4 is 10.0 Å². The van der Waals surface area contributed by atoms with Crippen LogP contribution in [0.1, 0.15) is 0 Å². The first kappa shape index (κ1) is 14.4. The Bertz CT molecular complexity index is 528. The Morgan fingerprint density at radius 1 is 1.21 bits per heavy atom. The fraction of sp³-hybridized carbons (Fsp3) is 0.500. The van der Waals surface area contributed by atoms with Gasteiger partial charge in [0, 0.05) is 39.3 Å². The fourth-order valence-corrected chi connectivity index (χ4v) is 3.61. The molecule has 1 heterocycles. The summed E-state index contributed by atoms with van der Waals surface area (Å²) >= 11 is 0. The van der Waals surface area contributed by atoms with Crippen molar-refractivity contribution in [1.82, 2.24) is 9.21 Å². The predicted molar refractivity (Wildman–Crippen MR) is 70.7 cm³/mol. The lowest BCUT2D eigenvalue weighted by molar-refractivity contribution is 0.192. The van der Waals surface area contributed by atoms with Crippen LogP contribution in [-0.4, -0.2) is 56.9 Å². The number of nitrogens with two attached hydrogens (primary N) is 1. The third kappa shape index (κ3) is 3.30. The quantitative estimate of drug-likeness (QED) is 0.852. The van der Waals surface area contributed by atoms with Crippen LogP contribution in [0.2, 0.25) is 0 Å². The summed E-state index contributed by atoms with van der Waals surface area (Å²) < 4.78 is 39.2. The van der Waals surface area contributed by atoms with Crippen LogP contribution in [0.5, 0.6) is 0 Å². The van der Waals surface area contributed by atoms with Crippen molar-refractivity contribution in [2.75, 3.05) is 39.3 Å². The first-order valence-corrected chi connectivity index (χ1v) is 7.66. The smallest absolute Gasteiger partial charge is 0.243 e. The molecule has 0 saturated carbocycles. The molecule has 1 fully saturated rings. The zero-order valence-electron chi connectivity index (χ0n) is 10.6. The molecule has 1 aromatic rings. The Morgan fingerprint density at radius 3 is 2.47 bits per heavy atom. The number of nitrogens with zero attached hydrogens (tertiary/aromatic N) is 2. The van der Waals surface area contributed by atoms with Gasteiger partial charge < -0.3 is 5.73 Å². The van der Waals surface area contributed by atoms with Crippen molar-refractivity contribution in [2.24, 2.45) is 5.73 Å². The highest BCUT2D eigenvalue weighted by molar-refractivity contribution is 7.89. The molecular formula is C12H18FN3O2S. The Kier molecular flexibility index (Phi) is 4.51. The Morgan fingerprint density at radius 2 is 1.89 bits per heavy atom. The third-order valence-corrected chi connectivity index (χ3v) is 5.11. The number of sulfonamides is 1. The van der Waals surface area contributed by atoms with Gasteiger partial charge in [-0.1, -0.05) is 6.07 Å². The zero-order valence-corrected chi connectivity index (χ0v) is 11.4. The fourth-order valence-electron chi connectivity index (χ4n) is 2.15. The maximum atomic E-state index is 13.1. The Balaban J connectivity index is 2.10. The highest BCUT2D eigenvalue weighted by Crippen LogP contribution is 2.18. The molecule has 0 amide bonds. The van der Waals surface area contributed by atoms with Crippen molar-refractivity contribution in [3.05, 3.63) is 30.1 Å². The van der Waals surface area contributed by atoms with Crippen LogP contribution in [0.15, 0.2) is 29.2 Å². The van der Waals surface area contributed by atoms with E-state index >= 15 is 0 Å². The first-order valence-electron chi connectivity index (χ1n) is 6.22. The van der Waals surface area contributed by atoms with Gasteiger partial charge in [-0.2, -0.15) is 4.31 Å². The maximum absolute atomic E-state index is 13.1. The van der Waals surface area contributed by atoms with Gasteiger partial charge in [-0.05, 0) is 18.2 Å². The van der Waals surface area contributed by atoms with E-state index in [-0.39, 0.29) is 4.90 Å². The second-order valence-corrected chi connectivity index (χ2v) is 6.43. The van der Waals surface area contributed by atoms with Gasteiger partial charge in [-0.3, -0.25) is 4.90 Å². The number of halogens is 1. The Hall–Kier alpha value is -1.02. The van der Waals surface area contributed by atoms with Gasteiger partial charge in [-0.15, -0.1) is 0 Å². The summed E-state index contributed by atoms with van der Waals surface area (Å²) in [6.07, 6.45) is 0. The van der Waals surface area contributed by atoms with Crippen LogP contribution < -0.4 is 5.73 Å². The summed E-state index contributed by atoms with van der Waals surface area (Å²) in [7, 11) is -3.59. The molecule has 19 heavy (non-hydrogen) atoms. The molecule has 1 saturated heterocycles. The van der Waals surface area contributed by atoms with E-state index in [2.05, 4.69) is 4.90 Å². The van der Waals surface area contributed by atoms with E-state index in [4.69, 9.17) is 5.73 Å². The van der Waals surface area contributed by atoms with Crippen molar-refractivity contribution in [3.8, 4) is 0 Å². The highest BCUT2D eigenvalue weighted by atomic mass is 32.2. The minimum Gasteiger partial charge on any atom is -0.329 e. The van der Waals surface area contributed by atoms with Gasteiger partial charge in [0.15, 0.2) is 0 Å². The summed E-state index contributed by atoms with van der Waals surface area (Å²) in [6, 6.07) is 5.12. The molecule has 1 aromatic carbocycles. The minimum absolute atomic E-state index is 0.0137.